The van der Waals surface area contributed by atoms with Crippen molar-refractivity contribution in [3.05, 3.63) is 62.5 Å². The monoisotopic (exact) mass is 475 g/mol. The highest BCUT2D eigenvalue weighted by molar-refractivity contribution is 7.18. The molecule has 2 aliphatic rings. The maximum Gasteiger partial charge on any atom is 0.416 e. The Morgan fingerprint density at radius 2 is 1.97 bits per heavy atom. The first-order valence-electron chi connectivity index (χ1n) is 11.8. The van der Waals surface area contributed by atoms with E-state index in [0.29, 0.717) is 17.0 Å². The van der Waals surface area contributed by atoms with Crippen LogP contribution in [0, 0.1) is 5.92 Å². The Bertz CT molecular complexity index is 1190. The van der Waals surface area contributed by atoms with Gasteiger partial charge in [0.25, 0.3) is 5.56 Å². The number of hydrogen-bond donors (Lipinski definition) is 1. The molecule has 0 spiro atoms. The van der Waals surface area contributed by atoms with Crippen LogP contribution in [0.5, 0.6) is 0 Å². The number of nitrogens with one attached hydrogen (secondary N) is 1. The molecule has 5 rings (SSSR count). The van der Waals surface area contributed by atoms with E-state index in [-0.39, 0.29) is 12.1 Å². The van der Waals surface area contributed by atoms with Gasteiger partial charge in [-0.3, -0.25) is 9.36 Å². The molecular formula is C25H28F3N3OS. The van der Waals surface area contributed by atoms with Crippen LogP contribution in [0.2, 0.25) is 0 Å². The summed E-state index contributed by atoms with van der Waals surface area (Å²) in [5.41, 5.74) is 0.649. The zero-order valence-electron chi connectivity index (χ0n) is 18.5. The number of thiophene rings is 1. The summed E-state index contributed by atoms with van der Waals surface area (Å²) in [6.07, 6.45) is 6.50. The molecular weight excluding hydrogens is 447 g/mol. The lowest BCUT2D eigenvalue weighted by atomic mass is 9.88. The van der Waals surface area contributed by atoms with Gasteiger partial charge in [-0.1, -0.05) is 31.4 Å². The Hall–Kier alpha value is -2.19. The van der Waals surface area contributed by atoms with Crippen LogP contribution >= 0.6 is 11.3 Å². The van der Waals surface area contributed by atoms with Crippen LogP contribution < -0.4 is 10.9 Å². The van der Waals surface area contributed by atoms with Crippen molar-refractivity contribution in [2.75, 3.05) is 6.54 Å². The first-order valence-corrected chi connectivity index (χ1v) is 12.6. The van der Waals surface area contributed by atoms with Crippen LogP contribution in [0.15, 0.2) is 35.4 Å². The Kier molecular flexibility index (Phi) is 6.31. The van der Waals surface area contributed by atoms with Gasteiger partial charge in [-0.15, -0.1) is 11.3 Å². The van der Waals surface area contributed by atoms with Gasteiger partial charge < -0.3 is 5.32 Å². The topological polar surface area (TPSA) is 46.9 Å². The summed E-state index contributed by atoms with van der Waals surface area (Å²) >= 11 is 1.59. The minimum Gasteiger partial charge on any atom is -0.313 e. The average Bonchev–Trinajstić information content (AvgIpc) is 3.18. The highest BCUT2D eigenvalue weighted by Crippen LogP contribution is 2.34. The van der Waals surface area contributed by atoms with Crippen molar-refractivity contribution >= 4 is 21.6 Å². The molecule has 0 saturated heterocycles. The fourth-order valence-electron chi connectivity index (χ4n) is 5.26. The lowest BCUT2D eigenvalue weighted by Gasteiger charge is -2.27. The Balaban J connectivity index is 1.34. The van der Waals surface area contributed by atoms with Crippen LogP contribution in [0.1, 0.15) is 60.1 Å². The van der Waals surface area contributed by atoms with E-state index in [1.807, 2.05) is 0 Å². The largest absolute Gasteiger partial charge is 0.416 e. The summed E-state index contributed by atoms with van der Waals surface area (Å²) in [5.74, 6) is 0.785. The highest BCUT2D eigenvalue weighted by atomic mass is 32.1. The molecule has 33 heavy (non-hydrogen) atoms. The molecule has 0 aliphatic heterocycles. The zero-order valence-corrected chi connectivity index (χ0v) is 19.3. The predicted octanol–water partition coefficient (Wildman–Crippen LogP) is 5.55. The molecule has 1 atom stereocenters. The second-order valence-corrected chi connectivity index (χ2v) is 10.5. The molecule has 1 unspecified atom stereocenters. The molecule has 0 bridgehead atoms. The summed E-state index contributed by atoms with van der Waals surface area (Å²) in [6.45, 7) is 1.15. The molecule has 3 aromatic rings. The predicted molar refractivity (Wildman–Crippen MR) is 125 cm³/mol. The smallest absolute Gasteiger partial charge is 0.313 e. The molecule has 1 N–H and O–H groups in total. The van der Waals surface area contributed by atoms with Crippen LogP contribution in [0.25, 0.3) is 10.2 Å². The van der Waals surface area contributed by atoms with Crippen molar-refractivity contribution < 1.29 is 13.2 Å². The molecule has 0 amide bonds. The van der Waals surface area contributed by atoms with Crippen molar-refractivity contribution in [1.82, 2.24) is 14.9 Å². The molecule has 1 fully saturated rings. The second kappa shape index (κ2) is 9.22. The number of alkyl halides is 3. The normalized spacial score (nSPS) is 19.7. The van der Waals surface area contributed by atoms with E-state index in [2.05, 4.69) is 10.3 Å². The van der Waals surface area contributed by atoms with Gasteiger partial charge in [0.1, 0.15) is 4.83 Å². The van der Waals surface area contributed by atoms with E-state index in [1.165, 1.54) is 53.9 Å². The minimum atomic E-state index is -4.41. The van der Waals surface area contributed by atoms with Gasteiger partial charge in [0, 0.05) is 10.9 Å². The molecule has 8 heteroatoms. The number of rotatable bonds is 5. The molecule has 1 aromatic carbocycles. The lowest BCUT2D eigenvalue weighted by molar-refractivity contribution is -0.137. The summed E-state index contributed by atoms with van der Waals surface area (Å²) in [7, 11) is 0. The number of halogens is 3. The number of aromatic nitrogens is 2. The maximum atomic E-state index is 13.3. The van der Waals surface area contributed by atoms with E-state index < -0.39 is 11.7 Å². The average molecular weight is 476 g/mol. The van der Waals surface area contributed by atoms with Gasteiger partial charge in [0.2, 0.25) is 0 Å². The molecule has 176 valence electrons. The van der Waals surface area contributed by atoms with Crippen LogP contribution in [-0.4, -0.2) is 22.1 Å². The van der Waals surface area contributed by atoms with Crippen molar-refractivity contribution in [3.8, 4) is 0 Å². The number of benzene rings is 1. The summed E-state index contributed by atoms with van der Waals surface area (Å²) in [5, 5.41) is 4.41. The minimum absolute atomic E-state index is 0.0713. The van der Waals surface area contributed by atoms with Crippen LogP contribution in [0.4, 0.5) is 13.2 Å². The number of hydrogen-bond acceptors (Lipinski definition) is 4. The molecule has 4 nitrogen and oxygen atoms in total. The standard InChI is InChI=1S/C25H28F3N3OS/c26-25(27,28)18-8-4-7-17(11-18)14-31-15-30-23-22(24(31)32)20-10-9-19(12-21(20)33-23)29-13-16-5-2-1-3-6-16/h4,7-8,11,15-16,19,29H,1-3,5-6,9-10,12-14H2. The van der Waals surface area contributed by atoms with E-state index in [9.17, 15) is 18.0 Å². The van der Waals surface area contributed by atoms with Crippen molar-refractivity contribution in [2.45, 2.75) is 70.1 Å². The van der Waals surface area contributed by atoms with Crippen molar-refractivity contribution in [1.29, 1.82) is 0 Å². The fourth-order valence-corrected chi connectivity index (χ4v) is 6.51. The number of nitrogens with zero attached hydrogens (tertiary/aromatic N) is 2. The number of fused-ring (bicyclic) bond motifs is 3. The summed E-state index contributed by atoms with van der Waals surface area (Å²) in [6, 6.07) is 5.56. The Morgan fingerprint density at radius 3 is 2.76 bits per heavy atom. The van der Waals surface area contributed by atoms with E-state index in [4.69, 9.17) is 0 Å². The fraction of sp³-hybridized carbons (Fsp3) is 0.520. The van der Waals surface area contributed by atoms with Crippen molar-refractivity contribution in [2.24, 2.45) is 5.92 Å². The van der Waals surface area contributed by atoms with E-state index in [0.717, 1.165) is 54.3 Å². The van der Waals surface area contributed by atoms with E-state index in [1.54, 1.807) is 17.4 Å². The van der Waals surface area contributed by atoms with Gasteiger partial charge in [-0.25, -0.2) is 4.98 Å². The van der Waals surface area contributed by atoms with Gasteiger partial charge >= 0.3 is 6.18 Å². The second-order valence-electron chi connectivity index (χ2n) is 9.41. The Labute approximate surface area is 194 Å². The molecule has 2 aromatic heterocycles. The Morgan fingerprint density at radius 1 is 1.15 bits per heavy atom. The highest BCUT2D eigenvalue weighted by Gasteiger charge is 2.30. The lowest BCUT2D eigenvalue weighted by Crippen LogP contribution is -2.37. The van der Waals surface area contributed by atoms with E-state index >= 15 is 0 Å². The molecule has 2 aliphatic carbocycles. The van der Waals surface area contributed by atoms with Crippen LogP contribution in [-0.2, 0) is 25.6 Å². The summed E-state index contributed by atoms with van der Waals surface area (Å²) in [4.78, 5) is 19.7. The zero-order chi connectivity index (χ0) is 23.0. The van der Waals surface area contributed by atoms with Gasteiger partial charge in [-0.2, -0.15) is 13.2 Å². The van der Waals surface area contributed by atoms with Gasteiger partial charge in [-0.05, 0) is 67.8 Å². The molecule has 1 saturated carbocycles. The summed E-state index contributed by atoms with van der Waals surface area (Å²) < 4.78 is 40.6. The third-order valence-electron chi connectivity index (χ3n) is 7.06. The first kappa shape index (κ1) is 22.6. The molecule has 0 radical (unpaired) electrons. The first-order chi connectivity index (χ1) is 15.9. The third kappa shape index (κ3) is 4.87. The number of aryl methyl sites for hydroxylation is 1. The quantitative estimate of drug-likeness (QED) is 0.526. The van der Waals surface area contributed by atoms with Gasteiger partial charge in [0.05, 0.1) is 23.8 Å². The van der Waals surface area contributed by atoms with Crippen LogP contribution in [0.3, 0.4) is 0 Å². The maximum absolute atomic E-state index is 13.3. The molecule has 2 heterocycles. The van der Waals surface area contributed by atoms with Gasteiger partial charge in [0.15, 0.2) is 0 Å². The SMILES string of the molecule is O=c1c2c3c(sc2ncn1Cc1cccc(C(F)(F)F)c1)CC(NCC1CCCCC1)CC3. The third-order valence-corrected chi connectivity index (χ3v) is 8.23. The van der Waals surface area contributed by atoms with Crippen molar-refractivity contribution in [3.63, 3.8) is 0 Å².